The Morgan fingerprint density at radius 2 is 1.71 bits per heavy atom. The molecule has 0 spiro atoms. The molecule has 5 nitrogen and oxygen atoms in total. The minimum atomic E-state index is -2.08. The molecule has 0 aromatic heterocycles. The number of allylic oxidation sites excluding steroid dienone is 2. The van der Waals surface area contributed by atoms with Crippen molar-refractivity contribution in [3.05, 3.63) is 107 Å². The molecule has 0 radical (unpaired) electrons. The third-order valence-corrected chi connectivity index (χ3v) is 15.6. The van der Waals surface area contributed by atoms with Gasteiger partial charge >= 0.3 is 251 Å². The van der Waals surface area contributed by atoms with Crippen molar-refractivity contribution in [3.8, 4) is 0 Å². The van der Waals surface area contributed by atoms with Crippen LogP contribution in [0.5, 0.6) is 0 Å². The number of hydrogen-bond donors (Lipinski definition) is 0. The van der Waals surface area contributed by atoms with Crippen molar-refractivity contribution in [1.29, 1.82) is 0 Å². The van der Waals surface area contributed by atoms with Gasteiger partial charge in [0.25, 0.3) is 0 Å². The van der Waals surface area contributed by atoms with Crippen molar-refractivity contribution in [1.82, 2.24) is 19.4 Å². The van der Waals surface area contributed by atoms with Gasteiger partial charge < -0.3 is 0 Å². The molecule has 6 heteroatoms. The molecule has 2 heterocycles. The molecule has 1 aromatic carbocycles. The fourth-order valence-corrected chi connectivity index (χ4v) is 10.6. The van der Waals surface area contributed by atoms with Gasteiger partial charge in [0, 0.05) is 0 Å². The molecule has 0 bridgehead atoms. The van der Waals surface area contributed by atoms with Gasteiger partial charge in [0.1, 0.15) is 0 Å². The van der Waals surface area contributed by atoms with Gasteiger partial charge in [0.2, 0.25) is 0 Å². The van der Waals surface area contributed by atoms with Crippen LogP contribution in [0, 0.1) is 6.92 Å². The molecule has 2 atom stereocenters. The van der Waals surface area contributed by atoms with E-state index in [0.717, 1.165) is 36.5 Å². The molecule has 3 rings (SSSR count). The average Bonchev–Trinajstić information content (AvgIpc) is 2.91. The minimum absolute atomic E-state index is 0.160. The van der Waals surface area contributed by atoms with Crippen LogP contribution in [0.1, 0.15) is 57.8 Å². The molecule has 2 aliphatic rings. The molecule has 0 N–H and O–H groups in total. The summed E-state index contributed by atoms with van der Waals surface area (Å²) in [5.41, 5.74) is 8.96. The standard InChI is InChI=1S/C35H54N5P/c1-15-30-21-33(29(8)38(12)22-30)40(28(7)27(6)36-9)35(31-19-17-26(5)18-20-31)39(25(3)4)23-32-24-41(13,14,37(10)11)34(32)16-2/h17-22,24-25,34-35H,6-9,15-16,23H2,1-5,10-14H3. The van der Waals surface area contributed by atoms with E-state index in [1.54, 1.807) is 0 Å². The van der Waals surface area contributed by atoms with Gasteiger partial charge in [-0.25, -0.2) is 0 Å². The molecule has 0 aliphatic carbocycles. The molecule has 0 saturated carbocycles. The second-order valence-corrected chi connectivity index (χ2v) is 19.1. The van der Waals surface area contributed by atoms with Gasteiger partial charge in [-0.3, -0.25) is 0 Å². The first kappa shape index (κ1) is 32.8. The monoisotopic (exact) mass is 575 g/mol. The number of hydrogen-bond acceptors (Lipinski definition) is 5. The number of nitrogens with zero attached hydrogens (tertiary/aromatic N) is 5. The van der Waals surface area contributed by atoms with Gasteiger partial charge in [0.05, 0.1) is 0 Å². The van der Waals surface area contributed by atoms with Crippen molar-refractivity contribution >= 4 is 13.5 Å². The average molecular weight is 576 g/mol. The summed E-state index contributed by atoms with van der Waals surface area (Å²) < 4.78 is 2.50. The van der Waals surface area contributed by atoms with Crippen LogP contribution in [0.4, 0.5) is 0 Å². The summed E-state index contributed by atoms with van der Waals surface area (Å²) in [6.07, 6.45) is 6.30. The van der Waals surface area contributed by atoms with E-state index in [0.29, 0.717) is 11.4 Å². The van der Waals surface area contributed by atoms with E-state index < -0.39 is 6.75 Å². The molecule has 41 heavy (non-hydrogen) atoms. The zero-order chi connectivity index (χ0) is 30.9. The van der Waals surface area contributed by atoms with Crippen LogP contribution in [0.15, 0.2) is 101 Å². The van der Waals surface area contributed by atoms with Gasteiger partial charge in [-0.2, -0.15) is 0 Å². The van der Waals surface area contributed by atoms with Crippen molar-refractivity contribution in [2.24, 2.45) is 4.99 Å². The quantitative estimate of drug-likeness (QED) is 0.102. The van der Waals surface area contributed by atoms with Gasteiger partial charge in [0.15, 0.2) is 0 Å². The predicted molar refractivity (Wildman–Crippen MR) is 183 cm³/mol. The molecule has 0 saturated heterocycles. The normalized spacial score (nSPS) is 21.3. The number of likely N-dealkylation sites (N-methyl/N-ethyl adjacent to an activating group) is 1. The molecular weight excluding hydrogens is 521 g/mol. The third-order valence-electron chi connectivity index (χ3n) is 9.42. The van der Waals surface area contributed by atoms with Crippen LogP contribution in [0.3, 0.4) is 0 Å². The molecular formula is C35H54N5P. The fourth-order valence-electron chi connectivity index (χ4n) is 6.30. The Morgan fingerprint density at radius 1 is 1.10 bits per heavy atom. The van der Waals surface area contributed by atoms with E-state index in [4.69, 9.17) is 0 Å². The molecule has 0 fully saturated rings. The molecule has 1 aromatic rings. The van der Waals surface area contributed by atoms with Crippen LogP contribution in [-0.4, -0.2) is 78.8 Å². The number of aliphatic imine (C=N–C) groups is 1. The van der Waals surface area contributed by atoms with E-state index in [-0.39, 0.29) is 12.2 Å². The van der Waals surface area contributed by atoms with E-state index in [1.165, 1.54) is 22.3 Å². The first-order valence-corrected chi connectivity index (χ1v) is 18.0. The Kier molecular flexibility index (Phi) is 9.80. The van der Waals surface area contributed by atoms with E-state index in [1.807, 2.05) is 0 Å². The van der Waals surface area contributed by atoms with E-state index >= 15 is 0 Å². The number of aryl methyl sites for hydroxylation is 1. The Morgan fingerprint density at radius 3 is 2.20 bits per heavy atom. The fraction of sp³-hybridized carbons (Fsp3) is 0.457. The molecule has 2 aliphatic heterocycles. The molecule has 224 valence electrons. The summed E-state index contributed by atoms with van der Waals surface area (Å²) in [4.78, 5) is 11.3. The summed E-state index contributed by atoms with van der Waals surface area (Å²) in [6, 6.07) is 9.14. The summed E-state index contributed by atoms with van der Waals surface area (Å²) in [5.74, 6) is 2.62. The van der Waals surface area contributed by atoms with Crippen LogP contribution < -0.4 is 0 Å². The molecule has 0 amide bonds. The first-order valence-electron chi connectivity index (χ1n) is 14.8. The Labute approximate surface area is 251 Å². The number of rotatable bonds is 13. The molecule has 2 unspecified atom stereocenters. The zero-order valence-corrected chi connectivity index (χ0v) is 28.3. The van der Waals surface area contributed by atoms with E-state index in [2.05, 4.69) is 162 Å². The van der Waals surface area contributed by atoms with Crippen LogP contribution in [-0.2, 0) is 0 Å². The van der Waals surface area contributed by atoms with Crippen LogP contribution in [0.2, 0.25) is 0 Å². The SMILES string of the molecule is C=NC(=C)C(=C)N(C1=CC(CC)=CN(C)C1=C)C(c1ccc(C)cc1)N(CC1=CP(C)(C)(N(C)C)C1CC)C(C)C. The van der Waals surface area contributed by atoms with Gasteiger partial charge in [-0.15, -0.1) is 0 Å². The van der Waals surface area contributed by atoms with Crippen LogP contribution >= 0.6 is 6.75 Å². The Bertz CT molecular complexity index is 1290. The second-order valence-electron chi connectivity index (χ2n) is 12.9. The topological polar surface area (TPSA) is 25.3 Å². The first-order chi connectivity index (χ1) is 19.1. The maximum absolute atomic E-state index is 4.55. The van der Waals surface area contributed by atoms with Crippen molar-refractivity contribution in [2.75, 3.05) is 41.0 Å². The summed E-state index contributed by atoms with van der Waals surface area (Å²) >= 11 is 0. The second kappa shape index (κ2) is 12.3. The van der Waals surface area contributed by atoms with Gasteiger partial charge in [-0.1, -0.05) is 0 Å². The summed E-state index contributed by atoms with van der Waals surface area (Å²) in [5, 5.41) is 0. The van der Waals surface area contributed by atoms with Crippen molar-refractivity contribution < 1.29 is 0 Å². The maximum atomic E-state index is 4.55. The summed E-state index contributed by atoms with van der Waals surface area (Å²) in [7, 11) is 6.56. The Hall–Kier alpha value is -2.72. The van der Waals surface area contributed by atoms with Crippen molar-refractivity contribution in [2.45, 2.75) is 65.3 Å². The predicted octanol–water partition coefficient (Wildman–Crippen LogP) is 8.34. The summed E-state index contributed by atoms with van der Waals surface area (Å²) in [6.45, 7) is 32.1. The van der Waals surface area contributed by atoms with Crippen LogP contribution in [0.25, 0.3) is 0 Å². The van der Waals surface area contributed by atoms with Gasteiger partial charge in [-0.05, 0) is 0 Å². The zero-order valence-electron chi connectivity index (χ0n) is 27.4. The van der Waals surface area contributed by atoms with E-state index in [9.17, 15) is 0 Å². The number of benzene rings is 1. The third kappa shape index (κ3) is 6.09. The Balaban J connectivity index is 2.28. The van der Waals surface area contributed by atoms with Crippen molar-refractivity contribution in [3.63, 3.8) is 0 Å².